The second kappa shape index (κ2) is 17.8. The number of aliphatic hydroxyl groups excluding tert-OH is 1. The van der Waals surface area contributed by atoms with Crippen molar-refractivity contribution in [2.75, 3.05) is 52.5 Å². The number of para-hydroxylation sites is 1. The zero-order valence-electron chi connectivity index (χ0n) is 28.8. The van der Waals surface area contributed by atoms with Crippen molar-refractivity contribution in [1.29, 1.82) is 0 Å². The van der Waals surface area contributed by atoms with E-state index in [1.54, 1.807) is 39.0 Å². The molecule has 1 saturated carbocycles. The van der Waals surface area contributed by atoms with Gasteiger partial charge in [-0.1, -0.05) is 31.5 Å². The molecule has 0 radical (unpaired) electrons. The number of benzene rings is 1. The quantitative estimate of drug-likeness (QED) is 0.235. The van der Waals surface area contributed by atoms with E-state index in [0.717, 1.165) is 38.5 Å². The number of nitrogens with zero attached hydrogens (tertiary/aromatic N) is 5. The third-order valence-corrected chi connectivity index (χ3v) is 9.41. The molecule has 15 heteroatoms. The van der Waals surface area contributed by atoms with Crippen LogP contribution in [0.1, 0.15) is 75.2 Å². The van der Waals surface area contributed by atoms with Crippen molar-refractivity contribution in [3.8, 4) is 11.6 Å². The van der Waals surface area contributed by atoms with Gasteiger partial charge in [-0.3, -0.25) is 19.2 Å². The monoisotopic (exact) mass is 695 g/mol. The standard InChI is InChI=1S/C35H49N7O8/c1-2-3-22-49-35(48)40-19-17-39(18-20-40)34(47)27(14-9-21-43)37-32(45)28-23-31(42(38-28)26-12-5-4-6-13-26)50-24-30(44)41-16-8-15-29(41)33(46)36-25-10-7-11-25/h4-6,12-13,23,25,27,29,43H,2-3,7-11,14-22,24H2,1H3,(H,36,46)(H,37,45)/t27-,29-/m0/s1. The fourth-order valence-electron chi connectivity index (χ4n) is 6.25. The molecule has 1 aromatic carbocycles. The Labute approximate surface area is 292 Å². The largest absolute Gasteiger partial charge is 0.467 e. The summed E-state index contributed by atoms with van der Waals surface area (Å²) >= 11 is 0. The van der Waals surface area contributed by atoms with Crippen LogP contribution in [0.5, 0.6) is 5.88 Å². The van der Waals surface area contributed by atoms with Crippen LogP contribution in [0.3, 0.4) is 0 Å². The molecule has 272 valence electrons. The zero-order chi connectivity index (χ0) is 35.5. The van der Waals surface area contributed by atoms with Crippen LogP contribution in [-0.2, 0) is 19.1 Å². The molecule has 15 nitrogen and oxygen atoms in total. The second-order valence-electron chi connectivity index (χ2n) is 13.0. The first-order valence-electron chi connectivity index (χ1n) is 17.8. The molecule has 0 unspecified atom stereocenters. The molecule has 0 bridgehead atoms. The van der Waals surface area contributed by atoms with Gasteiger partial charge < -0.3 is 39.9 Å². The van der Waals surface area contributed by atoms with Crippen molar-refractivity contribution in [3.05, 3.63) is 42.1 Å². The van der Waals surface area contributed by atoms with E-state index in [2.05, 4.69) is 15.7 Å². The van der Waals surface area contributed by atoms with Crippen molar-refractivity contribution in [3.63, 3.8) is 0 Å². The lowest BCUT2D eigenvalue weighted by Gasteiger charge is -2.36. The van der Waals surface area contributed by atoms with E-state index in [0.29, 0.717) is 38.3 Å². The van der Waals surface area contributed by atoms with Crippen LogP contribution in [0.4, 0.5) is 4.79 Å². The molecule has 2 atom stereocenters. The Balaban J connectivity index is 1.24. The molecule has 50 heavy (non-hydrogen) atoms. The molecule has 5 amide bonds. The van der Waals surface area contributed by atoms with Crippen LogP contribution >= 0.6 is 0 Å². The van der Waals surface area contributed by atoms with Gasteiger partial charge in [0.15, 0.2) is 12.3 Å². The first-order chi connectivity index (χ1) is 24.3. The minimum atomic E-state index is -0.941. The summed E-state index contributed by atoms with van der Waals surface area (Å²) in [5.41, 5.74) is 0.559. The van der Waals surface area contributed by atoms with Crippen LogP contribution in [-0.4, -0.2) is 130 Å². The number of carbonyl (C=O) groups excluding carboxylic acids is 5. The molecular formula is C35H49N7O8. The number of ether oxygens (including phenoxy) is 2. The number of aromatic nitrogens is 2. The minimum absolute atomic E-state index is 0.0309. The first-order valence-corrected chi connectivity index (χ1v) is 17.8. The Hall–Kier alpha value is -4.66. The molecule has 3 aliphatic rings. The van der Waals surface area contributed by atoms with E-state index in [9.17, 15) is 29.1 Å². The average Bonchev–Trinajstić information content (AvgIpc) is 3.79. The lowest BCUT2D eigenvalue weighted by Crippen LogP contribution is -2.56. The van der Waals surface area contributed by atoms with E-state index in [1.807, 2.05) is 13.0 Å². The molecule has 3 heterocycles. The van der Waals surface area contributed by atoms with Gasteiger partial charge in [0.25, 0.3) is 11.8 Å². The number of carbonyl (C=O) groups is 5. The summed E-state index contributed by atoms with van der Waals surface area (Å²) in [7, 11) is 0. The van der Waals surface area contributed by atoms with Crippen LogP contribution in [0, 0.1) is 0 Å². The molecular weight excluding hydrogens is 646 g/mol. The van der Waals surface area contributed by atoms with Gasteiger partial charge in [-0.25, -0.2) is 9.48 Å². The van der Waals surface area contributed by atoms with Gasteiger partial charge in [0, 0.05) is 51.4 Å². The van der Waals surface area contributed by atoms with Gasteiger partial charge in [-0.15, -0.1) is 0 Å². The van der Waals surface area contributed by atoms with Gasteiger partial charge >= 0.3 is 6.09 Å². The summed E-state index contributed by atoms with van der Waals surface area (Å²) in [6, 6.07) is 9.10. The molecule has 1 aliphatic carbocycles. The van der Waals surface area contributed by atoms with Crippen LogP contribution in [0.25, 0.3) is 5.69 Å². The van der Waals surface area contributed by atoms with Gasteiger partial charge in [-0.05, 0) is 63.5 Å². The Morgan fingerprint density at radius 1 is 0.960 bits per heavy atom. The maximum atomic E-state index is 13.6. The topological polar surface area (TPSA) is 176 Å². The van der Waals surface area contributed by atoms with Crippen LogP contribution in [0.15, 0.2) is 36.4 Å². The van der Waals surface area contributed by atoms with Gasteiger partial charge in [0.05, 0.1) is 12.3 Å². The highest BCUT2D eigenvalue weighted by Gasteiger charge is 2.36. The molecule has 2 saturated heterocycles. The van der Waals surface area contributed by atoms with Gasteiger partial charge in [0.1, 0.15) is 12.1 Å². The SMILES string of the molecule is CCCCOC(=O)N1CCN(C(=O)[C@H](CCCO)NC(=O)c2cc(OCC(=O)N3CCC[C@H]3C(=O)NC3CCC3)n(-c3ccccc3)n2)CC1. The smallest absolute Gasteiger partial charge is 0.409 e. The molecule has 3 fully saturated rings. The highest BCUT2D eigenvalue weighted by Crippen LogP contribution is 2.24. The number of hydrogen-bond acceptors (Lipinski definition) is 9. The highest BCUT2D eigenvalue weighted by molar-refractivity contribution is 5.96. The molecule has 5 rings (SSSR count). The van der Waals surface area contributed by atoms with E-state index in [-0.39, 0.29) is 74.5 Å². The number of rotatable bonds is 15. The number of likely N-dealkylation sites (tertiary alicyclic amines) is 1. The van der Waals surface area contributed by atoms with Crippen molar-refractivity contribution >= 4 is 29.7 Å². The third kappa shape index (κ3) is 9.31. The van der Waals surface area contributed by atoms with Crippen molar-refractivity contribution < 1.29 is 38.6 Å². The molecule has 2 aromatic rings. The van der Waals surface area contributed by atoms with Crippen molar-refractivity contribution in [1.82, 2.24) is 35.1 Å². The summed E-state index contributed by atoms with van der Waals surface area (Å²) in [5, 5.41) is 19.8. The Kier molecular flexibility index (Phi) is 13.1. The summed E-state index contributed by atoms with van der Waals surface area (Å²) in [6.07, 6.45) is 6.10. The Bertz CT molecular complexity index is 1470. The van der Waals surface area contributed by atoms with E-state index >= 15 is 0 Å². The van der Waals surface area contributed by atoms with Gasteiger partial charge in [-0.2, -0.15) is 5.10 Å². The van der Waals surface area contributed by atoms with Crippen LogP contribution < -0.4 is 15.4 Å². The summed E-state index contributed by atoms with van der Waals surface area (Å²) in [6.45, 7) is 3.48. The average molecular weight is 696 g/mol. The Morgan fingerprint density at radius 2 is 1.70 bits per heavy atom. The van der Waals surface area contributed by atoms with E-state index in [1.165, 1.54) is 10.7 Å². The lowest BCUT2D eigenvalue weighted by atomic mass is 9.93. The van der Waals surface area contributed by atoms with E-state index < -0.39 is 24.1 Å². The summed E-state index contributed by atoms with van der Waals surface area (Å²) in [5.74, 6) is -1.28. The van der Waals surface area contributed by atoms with E-state index in [4.69, 9.17) is 9.47 Å². The number of unbranched alkanes of at least 4 members (excludes halogenated alkanes) is 1. The zero-order valence-corrected chi connectivity index (χ0v) is 28.8. The summed E-state index contributed by atoms with van der Waals surface area (Å²) in [4.78, 5) is 70.4. The number of hydrogen-bond donors (Lipinski definition) is 3. The number of amides is 5. The molecule has 3 N–H and O–H groups in total. The number of nitrogens with one attached hydrogen (secondary N) is 2. The third-order valence-electron chi connectivity index (χ3n) is 9.41. The fraction of sp³-hybridized carbons (Fsp3) is 0.600. The van der Waals surface area contributed by atoms with Crippen molar-refractivity contribution in [2.45, 2.75) is 82.8 Å². The Morgan fingerprint density at radius 3 is 2.38 bits per heavy atom. The number of piperazine rings is 1. The number of aliphatic hydroxyl groups is 1. The first kappa shape index (κ1) is 36.6. The molecule has 2 aliphatic heterocycles. The molecule has 1 aromatic heterocycles. The molecule has 0 spiro atoms. The van der Waals surface area contributed by atoms with Crippen LogP contribution in [0.2, 0.25) is 0 Å². The minimum Gasteiger partial charge on any atom is -0.467 e. The maximum Gasteiger partial charge on any atom is 0.409 e. The van der Waals surface area contributed by atoms with Gasteiger partial charge in [0.2, 0.25) is 17.7 Å². The maximum absolute atomic E-state index is 13.6. The second-order valence-corrected chi connectivity index (χ2v) is 13.0. The predicted octanol–water partition coefficient (Wildman–Crippen LogP) is 1.86. The fourth-order valence-corrected chi connectivity index (χ4v) is 6.25. The summed E-state index contributed by atoms with van der Waals surface area (Å²) < 4.78 is 12.7. The normalized spacial score (nSPS) is 18.3. The predicted molar refractivity (Wildman–Crippen MR) is 182 cm³/mol. The lowest BCUT2D eigenvalue weighted by molar-refractivity contribution is -0.140. The highest BCUT2D eigenvalue weighted by atomic mass is 16.6. The van der Waals surface area contributed by atoms with Crippen molar-refractivity contribution in [2.24, 2.45) is 0 Å².